The molecule has 0 bridgehead atoms. The first-order valence-corrected chi connectivity index (χ1v) is 7.43. The predicted octanol–water partition coefficient (Wildman–Crippen LogP) is 3.43. The van der Waals surface area contributed by atoms with Gasteiger partial charge in [0.15, 0.2) is 0 Å². The quantitative estimate of drug-likeness (QED) is 0.776. The monoisotopic (exact) mass is 312 g/mol. The number of hydrogen-bond acceptors (Lipinski definition) is 2. The van der Waals surface area contributed by atoms with Gasteiger partial charge >= 0.3 is 0 Å². The first-order valence-electron chi connectivity index (χ1n) is 6.64. The molecule has 0 radical (unpaired) electrons. The minimum atomic E-state index is 0.725. The van der Waals surface area contributed by atoms with Gasteiger partial charge in [0, 0.05) is 24.1 Å². The molecule has 0 heterocycles. The molecule has 1 aromatic carbocycles. The number of nitrogens with one attached hydrogen (secondary N) is 1. The molecule has 0 fully saturated rings. The Morgan fingerprint density at radius 2 is 2.06 bits per heavy atom. The molecular weight excluding hydrogens is 288 g/mol. The minimum Gasteiger partial charge on any atom is -0.315 e. The number of nitrogens with zero attached hydrogens (tertiary/aromatic N) is 1. The first kappa shape index (κ1) is 15.7. The van der Waals surface area contributed by atoms with E-state index in [0.717, 1.165) is 32.1 Å². The molecule has 2 nitrogen and oxygen atoms in total. The molecule has 0 saturated heterocycles. The summed E-state index contributed by atoms with van der Waals surface area (Å²) in [5.41, 5.74) is 2.75. The number of likely N-dealkylation sites (N-methyl/N-ethyl adjacent to an activating group) is 1. The highest BCUT2D eigenvalue weighted by atomic mass is 79.9. The number of halogens is 1. The van der Waals surface area contributed by atoms with Crippen LogP contribution in [0.5, 0.6) is 0 Å². The summed E-state index contributed by atoms with van der Waals surface area (Å²) >= 11 is 3.58. The molecule has 0 spiro atoms. The van der Waals surface area contributed by atoms with Crippen molar-refractivity contribution in [2.24, 2.45) is 5.92 Å². The van der Waals surface area contributed by atoms with Crippen LogP contribution in [0.15, 0.2) is 22.7 Å². The van der Waals surface area contributed by atoms with E-state index in [1.807, 2.05) is 0 Å². The SMILES string of the molecule is Cc1c(Br)cccc1CN(C)CCNCC(C)C. The molecule has 0 saturated carbocycles. The van der Waals surface area contributed by atoms with Crippen molar-refractivity contribution in [1.29, 1.82) is 0 Å². The summed E-state index contributed by atoms with van der Waals surface area (Å²) in [6.45, 7) is 10.9. The summed E-state index contributed by atoms with van der Waals surface area (Å²) in [5.74, 6) is 0.725. The Labute approximate surface area is 120 Å². The molecule has 1 aromatic rings. The van der Waals surface area contributed by atoms with E-state index < -0.39 is 0 Å². The van der Waals surface area contributed by atoms with Crippen LogP contribution in [-0.4, -0.2) is 31.6 Å². The van der Waals surface area contributed by atoms with Crippen molar-refractivity contribution < 1.29 is 0 Å². The summed E-state index contributed by atoms with van der Waals surface area (Å²) in [5, 5.41) is 3.48. The second kappa shape index (κ2) is 7.93. The molecule has 0 aliphatic rings. The normalized spacial score (nSPS) is 11.5. The molecule has 18 heavy (non-hydrogen) atoms. The van der Waals surface area contributed by atoms with Crippen LogP contribution in [0.3, 0.4) is 0 Å². The Balaban J connectivity index is 2.35. The van der Waals surface area contributed by atoms with Gasteiger partial charge in [-0.05, 0) is 43.6 Å². The Morgan fingerprint density at radius 1 is 1.33 bits per heavy atom. The van der Waals surface area contributed by atoms with Crippen LogP contribution >= 0.6 is 15.9 Å². The van der Waals surface area contributed by atoms with Gasteiger partial charge in [-0.15, -0.1) is 0 Å². The Kier molecular flexibility index (Phi) is 6.90. The molecule has 0 amide bonds. The molecule has 3 heteroatoms. The summed E-state index contributed by atoms with van der Waals surface area (Å²) in [6.07, 6.45) is 0. The minimum absolute atomic E-state index is 0.725. The number of benzene rings is 1. The van der Waals surface area contributed by atoms with Crippen LogP contribution in [0.1, 0.15) is 25.0 Å². The van der Waals surface area contributed by atoms with E-state index in [1.165, 1.54) is 15.6 Å². The van der Waals surface area contributed by atoms with Gasteiger partial charge in [0.2, 0.25) is 0 Å². The lowest BCUT2D eigenvalue weighted by Gasteiger charge is -2.19. The maximum absolute atomic E-state index is 3.58. The fourth-order valence-electron chi connectivity index (χ4n) is 1.85. The lowest BCUT2D eigenvalue weighted by molar-refractivity contribution is 0.321. The van der Waals surface area contributed by atoms with Gasteiger partial charge in [0.25, 0.3) is 0 Å². The molecule has 1 rings (SSSR count). The van der Waals surface area contributed by atoms with Crippen molar-refractivity contribution in [2.45, 2.75) is 27.3 Å². The number of hydrogen-bond donors (Lipinski definition) is 1. The third-order valence-electron chi connectivity index (χ3n) is 3.04. The van der Waals surface area contributed by atoms with Crippen LogP contribution in [0.4, 0.5) is 0 Å². The first-order chi connectivity index (χ1) is 8.50. The maximum atomic E-state index is 3.58. The third kappa shape index (κ3) is 5.51. The maximum Gasteiger partial charge on any atom is 0.0234 e. The van der Waals surface area contributed by atoms with Crippen molar-refractivity contribution in [2.75, 3.05) is 26.7 Å². The van der Waals surface area contributed by atoms with E-state index >= 15 is 0 Å². The predicted molar refractivity (Wildman–Crippen MR) is 82.9 cm³/mol. The van der Waals surface area contributed by atoms with Gasteiger partial charge in [-0.25, -0.2) is 0 Å². The highest BCUT2D eigenvalue weighted by Crippen LogP contribution is 2.20. The summed E-state index contributed by atoms with van der Waals surface area (Å²) in [7, 11) is 2.18. The standard InChI is InChI=1S/C15H25BrN2/c1-12(2)10-17-8-9-18(4)11-14-6-5-7-15(16)13(14)3/h5-7,12,17H,8-11H2,1-4H3. The highest BCUT2D eigenvalue weighted by Gasteiger charge is 2.05. The van der Waals surface area contributed by atoms with Crippen molar-refractivity contribution in [3.63, 3.8) is 0 Å². The van der Waals surface area contributed by atoms with Crippen molar-refractivity contribution in [3.8, 4) is 0 Å². The fourth-order valence-corrected chi connectivity index (χ4v) is 2.26. The van der Waals surface area contributed by atoms with Gasteiger partial charge < -0.3 is 10.2 Å². The molecule has 0 aromatic heterocycles. The summed E-state index contributed by atoms with van der Waals surface area (Å²) in [6, 6.07) is 6.42. The average Bonchev–Trinajstić information content (AvgIpc) is 2.30. The zero-order chi connectivity index (χ0) is 13.5. The topological polar surface area (TPSA) is 15.3 Å². The molecule has 0 unspecified atom stereocenters. The van der Waals surface area contributed by atoms with Gasteiger partial charge in [0.05, 0.1) is 0 Å². The largest absolute Gasteiger partial charge is 0.315 e. The van der Waals surface area contributed by atoms with Crippen LogP contribution in [0.2, 0.25) is 0 Å². The van der Waals surface area contributed by atoms with E-state index in [1.54, 1.807) is 0 Å². The second-order valence-electron chi connectivity index (χ2n) is 5.36. The average molecular weight is 313 g/mol. The van der Waals surface area contributed by atoms with Gasteiger partial charge in [0.1, 0.15) is 0 Å². The molecule has 0 aliphatic carbocycles. The molecule has 0 atom stereocenters. The van der Waals surface area contributed by atoms with E-state index in [2.05, 4.69) is 72.2 Å². The van der Waals surface area contributed by atoms with Crippen LogP contribution < -0.4 is 5.32 Å². The van der Waals surface area contributed by atoms with Crippen molar-refractivity contribution in [3.05, 3.63) is 33.8 Å². The van der Waals surface area contributed by atoms with Gasteiger partial charge in [-0.3, -0.25) is 0 Å². The van der Waals surface area contributed by atoms with E-state index in [9.17, 15) is 0 Å². The Bertz CT molecular complexity index is 364. The van der Waals surface area contributed by atoms with Crippen LogP contribution in [-0.2, 0) is 6.54 Å². The highest BCUT2D eigenvalue weighted by molar-refractivity contribution is 9.10. The van der Waals surface area contributed by atoms with Crippen LogP contribution in [0.25, 0.3) is 0 Å². The lowest BCUT2D eigenvalue weighted by Crippen LogP contribution is -2.31. The third-order valence-corrected chi connectivity index (χ3v) is 3.90. The zero-order valence-electron chi connectivity index (χ0n) is 12.0. The number of rotatable bonds is 7. The Morgan fingerprint density at radius 3 is 2.72 bits per heavy atom. The summed E-state index contributed by atoms with van der Waals surface area (Å²) < 4.78 is 1.20. The van der Waals surface area contributed by atoms with Crippen molar-refractivity contribution >= 4 is 15.9 Å². The molecule has 0 aliphatic heterocycles. The zero-order valence-corrected chi connectivity index (χ0v) is 13.5. The second-order valence-corrected chi connectivity index (χ2v) is 6.21. The van der Waals surface area contributed by atoms with Crippen LogP contribution in [0, 0.1) is 12.8 Å². The molecule has 102 valence electrons. The molecular formula is C15H25BrN2. The van der Waals surface area contributed by atoms with Gasteiger partial charge in [-0.1, -0.05) is 41.9 Å². The van der Waals surface area contributed by atoms with E-state index in [0.29, 0.717) is 0 Å². The van der Waals surface area contributed by atoms with E-state index in [-0.39, 0.29) is 0 Å². The van der Waals surface area contributed by atoms with E-state index in [4.69, 9.17) is 0 Å². The smallest absolute Gasteiger partial charge is 0.0234 e. The molecule has 1 N–H and O–H groups in total. The fraction of sp³-hybridized carbons (Fsp3) is 0.600. The lowest BCUT2D eigenvalue weighted by atomic mass is 10.1. The summed E-state index contributed by atoms with van der Waals surface area (Å²) in [4.78, 5) is 2.36. The Hall–Kier alpha value is -0.380. The van der Waals surface area contributed by atoms with Gasteiger partial charge in [-0.2, -0.15) is 0 Å². The van der Waals surface area contributed by atoms with Crippen molar-refractivity contribution in [1.82, 2.24) is 10.2 Å².